The maximum absolute atomic E-state index is 11.9. The summed E-state index contributed by atoms with van der Waals surface area (Å²) >= 11 is 0. The molecule has 0 N–H and O–H groups in total. The summed E-state index contributed by atoms with van der Waals surface area (Å²) in [5.41, 5.74) is 0.226. The fourth-order valence-corrected chi connectivity index (χ4v) is 0.958. The molecular weight excluding hydrogens is 211 g/mol. The molecule has 82 valence electrons. The summed E-state index contributed by atoms with van der Waals surface area (Å²) in [6.07, 6.45) is -4.20. The highest BCUT2D eigenvalue weighted by Gasteiger charge is 2.37. The van der Waals surface area contributed by atoms with Crippen molar-refractivity contribution < 1.29 is 22.7 Å². The normalized spacial score (nSPS) is 11.2. The van der Waals surface area contributed by atoms with Gasteiger partial charge in [-0.3, -0.25) is 4.79 Å². The van der Waals surface area contributed by atoms with Gasteiger partial charge < -0.3 is 4.74 Å². The number of nitrogens with zero attached hydrogens (tertiary/aromatic N) is 1. The fourth-order valence-electron chi connectivity index (χ4n) is 0.958. The lowest BCUT2D eigenvalue weighted by Crippen LogP contribution is -2.24. The maximum atomic E-state index is 11.9. The van der Waals surface area contributed by atoms with Gasteiger partial charge in [0.25, 0.3) is 0 Å². The second-order valence-corrected chi connectivity index (χ2v) is 2.80. The number of hydrogen-bond acceptors (Lipinski definition) is 3. The van der Waals surface area contributed by atoms with Crippen LogP contribution in [-0.4, -0.2) is 24.1 Å². The van der Waals surface area contributed by atoms with Gasteiger partial charge in [-0.05, 0) is 11.6 Å². The maximum Gasteiger partial charge on any atom is 0.450 e. The van der Waals surface area contributed by atoms with Crippen molar-refractivity contribution in [2.24, 2.45) is 0 Å². The number of Topliss-reactive ketones (excluding diaryl/α,β-unsaturated/α-hetero) is 1. The van der Waals surface area contributed by atoms with Gasteiger partial charge in [0, 0.05) is 18.7 Å². The molecule has 1 heterocycles. The molecule has 0 aromatic carbocycles. The average Bonchev–Trinajstić information content (AvgIpc) is 2.16. The molecule has 0 aliphatic rings. The van der Waals surface area contributed by atoms with E-state index in [2.05, 4.69) is 4.98 Å². The van der Waals surface area contributed by atoms with Crippen LogP contribution in [-0.2, 0) is 11.2 Å². The standard InChI is InChI=1S/C9H8F3NO2/c1-15-8-5-6(2-3-13-8)4-7(14)9(10,11)12/h2-3,5H,4H2,1H3. The fraction of sp³-hybridized carbons (Fsp3) is 0.333. The molecule has 1 aromatic heterocycles. The topological polar surface area (TPSA) is 39.2 Å². The van der Waals surface area contributed by atoms with Crippen molar-refractivity contribution >= 4 is 5.78 Å². The first-order valence-corrected chi connectivity index (χ1v) is 4.02. The summed E-state index contributed by atoms with van der Waals surface area (Å²) in [7, 11) is 1.34. The average molecular weight is 219 g/mol. The quantitative estimate of drug-likeness (QED) is 0.777. The van der Waals surface area contributed by atoms with Crippen LogP contribution in [0.25, 0.3) is 0 Å². The van der Waals surface area contributed by atoms with Crippen LogP contribution in [0.4, 0.5) is 13.2 Å². The van der Waals surface area contributed by atoms with Crippen LogP contribution >= 0.6 is 0 Å². The van der Waals surface area contributed by atoms with Crippen molar-refractivity contribution in [2.45, 2.75) is 12.6 Å². The van der Waals surface area contributed by atoms with Gasteiger partial charge in [-0.2, -0.15) is 13.2 Å². The van der Waals surface area contributed by atoms with E-state index in [4.69, 9.17) is 4.74 Å². The van der Waals surface area contributed by atoms with Gasteiger partial charge in [-0.1, -0.05) is 0 Å². The van der Waals surface area contributed by atoms with Gasteiger partial charge in [0.1, 0.15) is 0 Å². The number of rotatable bonds is 3. The molecule has 15 heavy (non-hydrogen) atoms. The van der Waals surface area contributed by atoms with Crippen molar-refractivity contribution in [1.82, 2.24) is 4.98 Å². The summed E-state index contributed by atoms with van der Waals surface area (Å²) < 4.78 is 40.5. The van der Waals surface area contributed by atoms with Crippen molar-refractivity contribution in [3.63, 3.8) is 0 Å². The summed E-state index contributed by atoms with van der Waals surface area (Å²) in [5.74, 6) is -1.60. The SMILES string of the molecule is COc1cc(CC(=O)C(F)(F)F)ccn1. The minimum Gasteiger partial charge on any atom is -0.481 e. The van der Waals surface area contributed by atoms with Crippen molar-refractivity contribution in [1.29, 1.82) is 0 Å². The van der Waals surface area contributed by atoms with Gasteiger partial charge >= 0.3 is 6.18 Å². The van der Waals surface area contributed by atoms with E-state index in [0.29, 0.717) is 0 Å². The highest BCUT2D eigenvalue weighted by atomic mass is 19.4. The Morgan fingerprint density at radius 1 is 1.53 bits per heavy atom. The molecule has 0 aliphatic heterocycles. The number of methoxy groups -OCH3 is 1. The molecule has 1 aromatic rings. The molecule has 0 radical (unpaired) electrons. The molecule has 0 aliphatic carbocycles. The second-order valence-electron chi connectivity index (χ2n) is 2.80. The van der Waals surface area contributed by atoms with Crippen molar-refractivity contribution in [2.75, 3.05) is 7.11 Å². The Morgan fingerprint density at radius 2 is 2.20 bits per heavy atom. The molecule has 0 amide bonds. The lowest BCUT2D eigenvalue weighted by atomic mass is 10.1. The van der Waals surface area contributed by atoms with E-state index in [1.807, 2.05) is 0 Å². The van der Waals surface area contributed by atoms with Crippen molar-refractivity contribution in [3.05, 3.63) is 23.9 Å². The highest BCUT2D eigenvalue weighted by molar-refractivity contribution is 5.86. The number of hydrogen-bond donors (Lipinski definition) is 0. The summed E-state index contributed by atoms with van der Waals surface area (Å²) in [6, 6.07) is 2.63. The molecule has 6 heteroatoms. The molecule has 0 atom stereocenters. The zero-order valence-electron chi connectivity index (χ0n) is 7.84. The first-order chi connectivity index (χ1) is 6.93. The van der Waals surface area contributed by atoms with Crippen LogP contribution in [0.5, 0.6) is 5.88 Å². The largest absolute Gasteiger partial charge is 0.481 e. The summed E-state index contributed by atoms with van der Waals surface area (Å²) in [5, 5.41) is 0. The predicted octanol–water partition coefficient (Wildman–Crippen LogP) is 1.76. The molecule has 0 saturated heterocycles. The lowest BCUT2D eigenvalue weighted by molar-refractivity contribution is -0.170. The first-order valence-electron chi connectivity index (χ1n) is 4.02. The zero-order valence-corrected chi connectivity index (χ0v) is 7.84. The number of carbonyl (C=O) groups is 1. The van der Waals surface area contributed by atoms with Gasteiger partial charge in [0.15, 0.2) is 0 Å². The molecular formula is C9H8F3NO2. The van der Waals surface area contributed by atoms with Crippen LogP contribution in [0.15, 0.2) is 18.3 Å². The Bertz CT molecular complexity index is 363. The molecule has 3 nitrogen and oxygen atoms in total. The summed E-state index contributed by atoms with van der Waals surface area (Å²) in [4.78, 5) is 14.4. The molecule has 0 bridgehead atoms. The number of halogens is 3. The number of ether oxygens (including phenoxy) is 1. The van der Waals surface area contributed by atoms with E-state index in [0.717, 1.165) is 0 Å². The zero-order chi connectivity index (χ0) is 11.5. The third-order valence-corrected chi connectivity index (χ3v) is 1.69. The van der Waals surface area contributed by atoms with Crippen molar-refractivity contribution in [3.8, 4) is 5.88 Å². The minimum atomic E-state index is -4.80. The highest BCUT2D eigenvalue weighted by Crippen LogP contribution is 2.19. The van der Waals surface area contributed by atoms with Crippen LogP contribution in [0.1, 0.15) is 5.56 Å². The number of pyridine rings is 1. The number of carbonyl (C=O) groups excluding carboxylic acids is 1. The van der Waals surface area contributed by atoms with E-state index in [1.54, 1.807) is 0 Å². The third kappa shape index (κ3) is 3.23. The van der Waals surface area contributed by atoms with Crippen LogP contribution in [0.3, 0.4) is 0 Å². The monoisotopic (exact) mass is 219 g/mol. The summed E-state index contributed by atoms with van der Waals surface area (Å²) in [6.45, 7) is 0. The van der Waals surface area contributed by atoms with Gasteiger partial charge in [-0.15, -0.1) is 0 Å². The Kier molecular flexibility index (Phi) is 3.28. The van der Waals surface area contributed by atoms with E-state index < -0.39 is 18.4 Å². The molecule has 0 unspecified atom stereocenters. The first kappa shape index (κ1) is 11.5. The Hall–Kier alpha value is -1.59. The molecule has 0 fully saturated rings. The molecule has 0 spiro atoms. The van der Waals surface area contributed by atoms with E-state index in [1.165, 1.54) is 25.4 Å². The van der Waals surface area contributed by atoms with Gasteiger partial charge in [0.2, 0.25) is 11.7 Å². The Morgan fingerprint density at radius 3 is 2.73 bits per heavy atom. The number of ketones is 1. The van der Waals surface area contributed by atoms with E-state index in [-0.39, 0.29) is 11.4 Å². The van der Waals surface area contributed by atoms with Gasteiger partial charge in [0.05, 0.1) is 7.11 Å². The smallest absolute Gasteiger partial charge is 0.450 e. The van der Waals surface area contributed by atoms with Crippen LogP contribution < -0.4 is 4.74 Å². The predicted molar refractivity (Wildman–Crippen MR) is 45.6 cm³/mol. The third-order valence-electron chi connectivity index (χ3n) is 1.69. The van der Waals surface area contributed by atoms with Crippen LogP contribution in [0, 0.1) is 0 Å². The van der Waals surface area contributed by atoms with E-state index >= 15 is 0 Å². The second kappa shape index (κ2) is 4.29. The Labute approximate surface area is 83.9 Å². The Balaban J connectivity index is 2.77. The number of alkyl halides is 3. The lowest BCUT2D eigenvalue weighted by Gasteiger charge is -2.05. The van der Waals surface area contributed by atoms with Gasteiger partial charge in [-0.25, -0.2) is 4.98 Å². The molecule has 1 rings (SSSR count). The molecule has 0 saturated carbocycles. The van der Waals surface area contributed by atoms with E-state index in [9.17, 15) is 18.0 Å². The van der Waals surface area contributed by atoms with Crippen LogP contribution in [0.2, 0.25) is 0 Å². The number of aromatic nitrogens is 1. The minimum absolute atomic E-state index is 0.183.